The van der Waals surface area contributed by atoms with Crippen LogP contribution in [0.4, 0.5) is 0 Å². The first kappa shape index (κ1) is 42.2. The van der Waals surface area contributed by atoms with Gasteiger partial charge in [-0.05, 0) is 19.3 Å². The number of unbranched alkanes of at least 4 members (excludes halogenated alkanes) is 18. The number of carbonyl (C=O) groups is 1. The Morgan fingerprint density at radius 1 is 0.767 bits per heavy atom. The molecule has 0 radical (unpaired) electrons. The number of aliphatic hydroxyl groups is 1. The predicted molar refractivity (Wildman–Crippen MR) is 180 cm³/mol. The molecule has 43 heavy (non-hydrogen) atoms. The fraction of sp³-hybridized carbons (Fsp3) is 0.912. The van der Waals surface area contributed by atoms with Crippen LogP contribution in [0.15, 0.2) is 12.2 Å². The molecule has 0 heterocycles. The van der Waals surface area contributed by atoms with E-state index in [-0.39, 0.29) is 19.1 Å². The minimum Gasteiger partial charge on any atom is -0.387 e. The first-order valence-corrected chi connectivity index (χ1v) is 19.1. The van der Waals surface area contributed by atoms with Gasteiger partial charge in [-0.15, -0.1) is 0 Å². The van der Waals surface area contributed by atoms with Gasteiger partial charge in [-0.2, -0.15) is 0 Å². The number of nitrogens with one attached hydrogen (secondary N) is 1. The number of phosphoric acid groups is 1. The number of hydrogen-bond acceptors (Lipinski definition) is 5. The summed E-state index contributed by atoms with van der Waals surface area (Å²) in [4.78, 5) is 22.8. The first-order chi connectivity index (χ1) is 20.5. The Kier molecular flexibility index (Phi) is 27.1. The van der Waals surface area contributed by atoms with Gasteiger partial charge in [0.2, 0.25) is 5.91 Å². The van der Waals surface area contributed by atoms with Gasteiger partial charge in [-0.25, -0.2) is 4.57 Å². The van der Waals surface area contributed by atoms with Crippen LogP contribution in [0.25, 0.3) is 0 Å². The Labute approximate surface area is 265 Å². The van der Waals surface area contributed by atoms with Crippen LogP contribution in [0.1, 0.15) is 149 Å². The Balaban J connectivity index is 4.60. The topological polar surface area (TPSA) is 105 Å². The second-order valence-electron chi connectivity index (χ2n) is 13.3. The van der Waals surface area contributed by atoms with E-state index in [0.29, 0.717) is 17.4 Å². The number of likely N-dealkylation sites (N-methyl/N-ethyl adjacent to an activating group) is 1. The lowest BCUT2D eigenvalue weighted by molar-refractivity contribution is -0.870. The summed E-state index contributed by atoms with van der Waals surface area (Å²) < 4.78 is 23.3. The average molecular weight is 634 g/mol. The molecule has 0 saturated heterocycles. The molecule has 0 aliphatic rings. The number of amides is 1. The van der Waals surface area contributed by atoms with Crippen LogP contribution in [0, 0.1) is 0 Å². The van der Waals surface area contributed by atoms with Gasteiger partial charge in [0.25, 0.3) is 0 Å². The van der Waals surface area contributed by atoms with E-state index in [1.165, 1.54) is 89.9 Å². The Bertz CT molecular complexity index is 728. The van der Waals surface area contributed by atoms with Crippen LogP contribution in [0.3, 0.4) is 0 Å². The molecule has 8 nitrogen and oxygen atoms in total. The second-order valence-corrected chi connectivity index (χ2v) is 14.7. The van der Waals surface area contributed by atoms with Crippen LogP contribution in [0.2, 0.25) is 0 Å². The van der Waals surface area contributed by atoms with Crippen LogP contribution in [-0.2, 0) is 18.4 Å². The maximum atomic E-state index is 12.7. The highest BCUT2D eigenvalue weighted by molar-refractivity contribution is 7.47. The first-order valence-electron chi connectivity index (χ1n) is 17.6. The third kappa shape index (κ3) is 29.7. The summed E-state index contributed by atoms with van der Waals surface area (Å²) in [6.07, 6.45) is 27.0. The SMILES string of the molecule is CCCCCCCCCCCC/C=C/[C@@H](O)[C@H](COP(=O)(O)OCC[N+](C)(C)C)NC(=O)CCCCCCCCCCC. The number of nitrogens with zero attached hydrogens (tertiary/aromatic N) is 1. The van der Waals surface area contributed by atoms with Crippen molar-refractivity contribution in [1.29, 1.82) is 0 Å². The molecule has 9 heteroatoms. The lowest BCUT2D eigenvalue weighted by Crippen LogP contribution is -2.45. The quantitative estimate of drug-likeness (QED) is 0.0306. The molecule has 0 fully saturated rings. The standard InChI is InChI=1S/C34H69N2O6P/c1-6-8-10-12-14-16-17-18-20-21-23-25-27-33(37)32(31-42-43(39,40)41-30-29-36(3,4)5)35-34(38)28-26-24-22-19-15-13-11-9-7-2/h25,27,32-33,37H,6-24,26,28-31H2,1-5H3,(H-,35,38,39,40)/p+1/b27-25+/t32-,33+/m0/s1. The molecule has 256 valence electrons. The van der Waals surface area contributed by atoms with Gasteiger partial charge in [0.05, 0.1) is 39.9 Å². The van der Waals surface area contributed by atoms with E-state index in [2.05, 4.69) is 19.2 Å². The lowest BCUT2D eigenvalue weighted by atomic mass is 10.1. The Morgan fingerprint density at radius 3 is 1.72 bits per heavy atom. The fourth-order valence-electron chi connectivity index (χ4n) is 4.86. The predicted octanol–water partition coefficient (Wildman–Crippen LogP) is 8.46. The normalized spacial score (nSPS) is 15.0. The van der Waals surface area contributed by atoms with Crippen LogP contribution in [-0.4, -0.2) is 73.4 Å². The maximum absolute atomic E-state index is 12.7. The van der Waals surface area contributed by atoms with E-state index in [0.717, 1.165) is 38.5 Å². The molecule has 0 aromatic carbocycles. The van der Waals surface area contributed by atoms with Gasteiger partial charge in [-0.1, -0.05) is 135 Å². The zero-order chi connectivity index (χ0) is 32.2. The number of allylic oxidation sites excluding steroid dienone is 1. The van der Waals surface area contributed by atoms with E-state index in [1.54, 1.807) is 6.08 Å². The van der Waals surface area contributed by atoms with Gasteiger partial charge in [0, 0.05) is 6.42 Å². The summed E-state index contributed by atoms with van der Waals surface area (Å²) in [5.41, 5.74) is 0. The summed E-state index contributed by atoms with van der Waals surface area (Å²) in [5.74, 6) is -0.183. The molecule has 0 spiro atoms. The van der Waals surface area contributed by atoms with Gasteiger partial charge in [-0.3, -0.25) is 13.8 Å². The second kappa shape index (κ2) is 27.5. The number of hydrogen-bond donors (Lipinski definition) is 3. The van der Waals surface area contributed by atoms with E-state index >= 15 is 0 Å². The highest BCUT2D eigenvalue weighted by Crippen LogP contribution is 2.43. The third-order valence-corrected chi connectivity index (χ3v) is 8.74. The third-order valence-electron chi connectivity index (χ3n) is 7.76. The molecule has 0 aromatic rings. The van der Waals surface area contributed by atoms with Crippen molar-refractivity contribution in [3.05, 3.63) is 12.2 Å². The highest BCUT2D eigenvalue weighted by atomic mass is 31.2. The zero-order valence-corrected chi connectivity index (χ0v) is 29.6. The Hall–Kier alpha value is -0.760. The molecule has 0 aliphatic heterocycles. The summed E-state index contributed by atoms with van der Waals surface area (Å²) in [6.45, 7) is 4.76. The minimum atomic E-state index is -4.31. The zero-order valence-electron chi connectivity index (χ0n) is 28.7. The average Bonchev–Trinajstić information content (AvgIpc) is 2.94. The molecule has 1 unspecified atom stereocenters. The molecule has 0 aromatic heterocycles. The van der Waals surface area contributed by atoms with Crippen molar-refractivity contribution in [2.45, 2.75) is 161 Å². The van der Waals surface area contributed by atoms with Crippen molar-refractivity contribution in [3.8, 4) is 0 Å². The van der Waals surface area contributed by atoms with Crippen LogP contribution < -0.4 is 5.32 Å². The van der Waals surface area contributed by atoms with E-state index < -0.39 is 20.0 Å². The number of aliphatic hydroxyl groups excluding tert-OH is 1. The molecular weight excluding hydrogens is 563 g/mol. The lowest BCUT2D eigenvalue weighted by Gasteiger charge is -2.25. The summed E-state index contributed by atoms with van der Waals surface area (Å²) in [7, 11) is 1.57. The van der Waals surface area contributed by atoms with E-state index in [4.69, 9.17) is 9.05 Å². The van der Waals surface area contributed by atoms with Gasteiger partial charge in [0.1, 0.15) is 13.2 Å². The summed E-state index contributed by atoms with van der Waals surface area (Å²) >= 11 is 0. The summed E-state index contributed by atoms with van der Waals surface area (Å²) in [6, 6.07) is -0.836. The van der Waals surface area contributed by atoms with Crippen LogP contribution >= 0.6 is 7.82 Å². The summed E-state index contributed by atoms with van der Waals surface area (Å²) in [5, 5.41) is 13.7. The molecule has 3 N–H and O–H groups in total. The molecular formula is C34H70N2O6P+. The molecule has 0 bridgehead atoms. The maximum Gasteiger partial charge on any atom is 0.472 e. The van der Waals surface area contributed by atoms with Crippen molar-refractivity contribution in [3.63, 3.8) is 0 Å². The molecule has 0 rings (SSSR count). The highest BCUT2D eigenvalue weighted by Gasteiger charge is 2.27. The number of quaternary nitrogens is 1. The molecule has 0 saturated carbocycles. The largest absolute Gasteiger partial charge is 0.472 e. The molecule has 0 aliphatic carbocycles. The molecule has 3 atom stereocenters. The fourth-order valence-corrected chi connectivity index (χ4v) is 5.60. The van der Waals surface area contributed by atoms with Crippen LogP contribution in [0.5, 0.6) is 0 Å². The van der Waals surface area contributed by atoms with Crippen molar-refractivity contribution >= 4 is 13.7 Å². The van der Waals surface area contributed by atoms with Crippen molar-refractivity contribution < 1.29 is 32.9 Å². The monoisotopic (exact) mass is 633 g/mol. The number of carbonyl (C=O) groups excluding carboxylic acids is 1. The number of phosphoric ester groups is 1. The van der Waals surface area contributed by atoms with Crippen molar-refractivity contribution in [2.24, 2.45) is 0 Å². The van der Waals surface area contributed by atoms with Gasteiger partial charge < -0.3 is 19.8 Å². The number of rotatable bonds is 31. The van der Waals surface area contributed by atoms with Crippen molar-refractivity contribution in [1.82, 2.24) is 5.32 Å². The van der Waals surface area contributed by atoms with E-state index in [9.17, 15) is 19.4 Å². The van der Waals surface area contributed by atoms with Crippen molar-refractivity contribution in [2.75, 3.05) is 40.9 Å². The minimum absolute atomic E-state index is 0.0637. The van der Waals surface area contributed by atoms with E-state index in [1.807, 2.05) is 27.2 Å². The smallest absolute Gasteiger partial charge is 0.387 e. The van der Waals surface area contributed by atoms with Gasteiger partial charge in [0.15, 0.2) is 0 Å². The van der Waals surface area contributed by atoms with Gasteiger partial charge >= 0.3 is 7.82 Å². The Morgan fingerprint density at radius 2 is 1.23 bits per heavy atom. The molecule has 1 amide bonds.